The van der Waals surface area contributed by atoms with Gasteiger partial charge in [0.25, 0.3) is 0 Å². The van der Waals surface area contributed by atoms with Gasteiger partial charge in [-0.05, 0) is 38.5 Å². The van der Waals surface area contributed by atoms with Crippen LogP contribution in [0.1, 0.15) is 35.6 Å². The second kappa shape index (κ2) is 8.45. The molecule has 0 atom stereocenters. The number of aromatic nitrogens is 2. The van der Waals surface area contributed by atoms with Gasteiger partial charge in [-0.15, -0.1) is 0 Å². The van der Waals surface area contributed by atoms with Crippen molar-refractivity contribution in [2.75, 3.05) is 16.8 Å². The molecule has 0 aliphatic heterocycles. The van der Waals surface area contributed by atoms with Crippen LogP contribution < -0.4 is 10.2 Å². The Hall–Kier alpha value is -3.21. The Morgan fingerprint density at radius 2 is 1.81 bits per heavy atom. The summed E-state index contributed by atoms with van der Waals surface area (Å²) in [5.41, 5.74) is 2.74. The number of carbonyl (C=O) groups excluding carboxylic acids is 1. The molecule has 0 saturated heterocycles. The fourth-order valence-corrected chi connectivity index (χ4v) is 2.90. The summed E-state index contributed by atoms with van der Waals surface area (Å²) in [6.07, 6.45) is 0. The van der Waals surface area contributed by atoms with E-state index < -0.39 is 0 Å². The molecule has 1 N–H and O–H groups in total. The normalized spacial score (nSPS) is 10.5. The molecule has 3 aromatic rings. The molecule has 0 spiro atoms. The summed E-state index contributed by atoms with van der Waals surface area (Å²) in [5.74, 6) is 2.33. The van der Waals surface area contributed by atoms with Crippen molar-refractivity contribution in [1.29, 1.82) is 0 Å². The van der Waals surface area contributed by atoms with E-state index in [4.69, 9.17) is 0 Å². The molecule has 2 aromatic carbocycles. The first-order valence-corrected chi connectivity index (χ1v) is 9.07. The van der Waals surface area contributed by atoms with E-state index >= 15 is 0 Å². The number of ketones is 1. The van der Waals surface area contributed by atoms with Crippen LogP contribution in [0.5, 0.6) is 0 Å². The maximum Gasteiger partial charge on any atom is 0.159 e. The number of carbonyl (C=O) groups is 1. The van der Waals surface area contributed by atoms with Gasteiger partial charge in [0.15, 0.2) is 5.78 Å². The van der Waals surface area contributed by atoms with Crippen LogP contribution in [-0.4, -0.2) is 22.3 Å². The molecule has 1 aromatic heterocycles. The molecule has 3 rings (SSSR count). The maximum atomic E-state index is 11.6. The smallest absolute Gasteiger partial charge is 0.159 e. The summed E-state index contributed by atoms with van der Waals surface area (Å²) in [6.45, 7) is 7.19. The van der Waals surface area contributed by atoms with Crippen molar-refractivity contribution >= 4 is 23.1 Å². The van der Waals surface area contributed by atoms with Crippen molar-refractivity contribution in [3.8, 4) is 0 Å². The van der Waals surface area contributed by atoms with Gasteiger partial charge in [-0.2, -0.15) is 0 Å². The van der Waals surface area contributed by atoms with Crippen LogP contribution in [0.25, 0.3) is 0 Å². The van der Waals surface area contributed by atoms with E-state index in [1.165, 1.54) is 5.56 Å². The van der Waals surface area contributed by atoms with Gasteiger partial charge >= 0.3 is 0 Å². The molecule has 1 heterocycles. The van der Waals surface area contributed by atoms with E-state index in [2.05, 4.69) is 39.2 Å². The number of anilines is 3. The zero-order chi connectivity index (χ0) is 19.2. The first-order valence-electron chi connectivity index (χ1n) is 9.07. The van der Waals surface area contributed by atoms with E-state index in [1.54, 1.807) is 6.92 Å². The third kappa shape index (κ3) is 4.91. The van der Waals surface area contributed by atoms with Gasteiger partial charge in [-0.1, -0.05) is 42.5 Å². The van der Waals surface area contributed by atoms with Gasteiger partial charge in [-0.3, -0.25) is 4.79 Å². The van der Waals surface area contributed by atoms with Crippen molar-refractivity contribution < 1.29 is 4.79 Å². The molecule has 0 unspecified atom stereocenters. The Kier molecular flexibility index (Phi) is 5.81. The fourth-order valence-electron chi connectivity index (χ4n) is 2.90. The molecule has 5 heteroatoms. The third-order valence-electron chi connectivity index (χ3n) is 4.29. The van der Waals surface area contributed by atoms with Crippen LogP contribution in [-0.2, 0) is 6.54 Å². The number of nitrogens with zero attached hydrogens (tertiary/aromatic N) is 3. The fraction of sp³-hybridized carbons (Fsp3) is 0.227. The zero-order valence-electron chi connectivity index (χ0n) is 15.9. The minimum atomic E-state index is 0.0400. The van der Waals surface area contributed by atoms with E-state index in [1.807, 2.05) is 55.5 Å². The van der Waals surface area contributed by atoms with Crippen molar-refractivity contribution in [1.82, 2.24) is 9.97 Å². The average molecular weight is 360 g/mol. The van der Waals surface area contributed by atoms with Gasteiger partial charge in [0.1, 0.15) is 17.5 Å². The Morgan fingerprint density at radius 3 is 2.52 bits per heavy atom. The van der Waals surface area contributed by atoms with Crippen LogP contribution in [0.2, 0.25) is 0 Å². The third-order valence-corrected chi connectivity index (χ3v) is 4.29. The summed E-state index contributed by atoms with van der Waals surface area (Å²) in [6, 6.07) is 19.7. The van der Waals surface area contributed by atoms with E-state index in [0.717, 1.165) is 24.6 Å². The van der Waals surface area contributed by atoms with Crippen molar-refractivity contribution in [3.63, 3.8) is 0 Å². The monoisotopic (exact) mass is 360 g/mol. The molecule has 0 saturated carbocycles. The second-order valence-corrected chi connectivity index (χ2v) is 6.42. The second-order valence-electron chi connectivity index (χ2n) is 6.42. The topological polar surface area (TPSA) is 58.1 Å². The van der Waals surface area contributed by atoms with E-state index in [-0.39, 0.29) is 5.78 Å². The summed E-state index contributed by atoms with van der Waals surface area (Å²) < 4.78 is 0. The lowest BCUT2D eigenvalue weighted by Crippen LogP contribution is -2.23. The minimum Gasteiger partial charge on any atom is -0.352 e. The molecule has 0 fully saturated rings. The molecule has 0 radical (unpaired) electrons. The summed E-state index contributed by atoms with van der Waals surface area (Å²) in [4.78, 5) is 22.9. The zero-order valence-corrected chi connectivity index (χ0v) is 15.9. The summed E-state index contributed by atoms with van der Waals surface area (Å²) in [7, 11) is 0. The number of benzene rings is 2. The highest BCUT2D eigenvalue weighted by Crippen LogP contribution is 2.22. The first-order chi connectivity index (χ1) is 13.0. The number of hydrogen-bond donors (Lipinski definition) is 1. The Balaban J connectivity index is 1.85. The predicted molar refractivity (Wildman–Crippen MR) is 110 cm³/mol. The van der Waals surface area contributed by atoms with Gasteiger partial charge in [0, 0.05) is 30.4 Å². The predicted octanol–water partition coefficient (Wildman–Crippen LogP) is 4.76. The quantitative estimate of drug-likeness (QED) is 0.616. The average Bonchev–Trinajstić information content (AvgIpc) is 2.66. The molecule has 0 bridgehead atoms. The van der Waals surface area contributed by atoms with E-state index in [0.29, 0.717) is 17.2 Å². The molecular weight excluding hydrogens is 336 g/mol. The largest absolute Gasteiger partial charge is 0.352 e. The molecule has 0 aliphatic carbocycles. The molecule has 5 nitrogen and oxygen atoms in total. The molecule has 27 heavy (non-hydrogen) atoms. The number of hydrogen-bond acceptors (Lipinski definition) is 5. The van der Waals surface area contributed by atoms with Crippen LogP contribution in [0.15, 0.2) is 60.7 Å². The van der Waals surface area contributed by atoms with E-state index in [9.17, 15) is 4.79 Å². The molecule has 0 aliphatic rings. The van der Waals surface area contributed by atoms with Crippen LogP contribution in [0, 0.1) is 6.92 Å². The lowest BCUT2D eigenvalue weighted by Gasteiger charge is -2.23. The highest BCUT2D eigenvalue weighted by Gasteiger charge is 2.10. The summed E-state index contributed by atoms with van der Waals surface area (Å²) in [5, 5.41) is 3.29. The Bertz CT molecular complexity index is 925. The van der Waals surface area contributed by atoms with Crippen LogP contribution >= 0.6 is 0 Å². The number of nitrogens with one attached hydrogen (secondary N) is 1. The lowest BCUT2D eigenvalue weighted by atomic mass is 10.1. The highest BCUT2D eigenvalue weighted by atomic mass is 16.1. The Labute approximate surface area is 160 Å². The first kappa shape index (κ1) is 18.6. The highest BCUT2D eigenvalue weighted by molar-refractivity contribution is 5.95. The van der Waals surface area contributed by atoms with Crippen LogP contribution in [0.3, 0.4) is 0 Å². The number of Topliss-reactive ketones (excluding diaryl/α,β-unsaturated/α-hetero) is 1. The molecule has 138 valence electrons. The molecular formula is C22H24N4O. The standard InChI is InChI=1S/C22H24N4O/c1-4-26(15-18-9-6-5-7-10-18)22-14-21(23-17(3)24-22)25-20-12-8-11-19(13-20)16(2)27/h5-14H,4,15H2,1-3H3,(H,23,24,25). The SMILES string of the molecule is CCN(Cc1ccccc1)c1cc(Nc2cccc(C(C)=O)c2)nc(C)n1. The van der Waals surface area contributed by atoms with Crippen molar-refractivity contribution in [2.24, 2.45) is 0 Å². The van der Waals surface area contributed by atoms with Gasteiger partial charge < -0.3 is 10.2 Å². The maximum absolute atomic E-state index is 11.6. The number of rotatable bonds is 7. The summed E-state index contributed by atoms with van der Waals surface area (Å²) >= 11 is 0. The molecule has 0 amide bonds. The minimum absolute atomic E-state index is 0.0400. The van der Waals surface area contributed by atoms with Crippen molar-refractivity contribution in [2.45, 2.75) is 27.3 Å². The van der Waals surface area contributed by atoms with Gasteiger partial charge in [0.05, 0.1) is 0 Å². The van der Waals surface area contributed by atoms with Gasteiger partial charge in [0.2, 0.25) is 0 Å². The number of aryl methyl sites for hydroxylation is 1. The lowest BCUT2D eigenvalue weighted by molar-refractivity contribution is 0.101. The van der Waals surface area contributed by atoms with Crippen molar-refractivity contribution in [3.05, 3.63) is 77.6 Å². The van der Waals surface area contributed by atoms with Gasteiger partial charge in [-0.25, -0.2) is 9.97 Å². The Morgan fingerprint density at radius 1 is 1.04 bits per heavy atom. The van der Waals surface area contributed by atoms with Crippen LogP contribution in [0.4, 0.5) is 17.3 Å².